The first-order valence-corrected chi connectivity index (χ1v) is 9.64. The quantitative estimate of drug-likeness (QED) is 0.708. The lowest BCUT2D eigenvalue weighted by Gasteiger charge is -2.23. The molecule has 3 aromatic rings. The Morgan fingerprint density at radius 2 is 1.84 bits per heavy atom. The van der Waals surface area contributed by atoms with Gasteiger partial charge in [-0.15, -0.1) is 0 Å². The van der Waals surface area contributed by atoms with E-state index in [2.05, 4.69) is 4.98 Å². The van der Waals surface area contributed by atoms with Crippen LogP contribution in [0.15, 0.2) is 53.7 Å². The molecule has 0 fully saturated rings. The number of nitrogens with zero attached hydrogens (tertiary/aromatic N) is 2. The molecule has 0 radical (unpaired) electrons. The molecule has 0 bridgehead atoms. The summed E-state index contributed by atoms with van der Waals surface area (Å²) in [6, 6.07) is 12.2. The van der Waals surface area contributed by atoms with Crippen LogP contribution >= 0.6 is 0 Å². The maximum Gasteiger partial charge on any atom is 0.269 e. The van der Waals surface area contributed by atoms with Crippen molar-refractivity contribution in [1.82, 2.24) is 8.96 Å². The van der Waals surface area contributed by atoms with Crippen molar-refractivity contribution < 1.29 is 13.2 Å². The maximum atomic E-state index is 13.1. The van der Waals surface area contributed by atoms with Crippen molar-refractivity contribution in [3.05, 3.63) is 54.4 Å². The molecule has 1 aromatic heterocycles. The highest BCUT2D eigenvalue weighted by Crippen LogP contribution is 2.34. The highest BCUT2D eigenvalue weighted by Gasteiger charge is 2.25. The summed E-state index contributed by atoms with van der Waals surface area (Å²) < 4.78 is 33.2. The first-order chi connectivity index (χ1) is 11.7. The Morgan fingerprint density at radius 3 is 2.52 bits per heavy atom. The van der Waals surface area contributed by atoms with E-state index >= 15 is 0 Å². The molecule has 0 aliphatic rings. The van der Waals surface area contributed by atoms with Crippen molar-refractivity contribution >= 4 is 21.1 Å². The van der Waals surface area contributed by atoms with Gasteiger partial charge in [0.2, 0.25) is 0 Å². The van der Waals surface area contributed by atoms with Gasteiger partial charge in [-0.2, -0.15) is 0 Å². The molecule has 0 spiro atoms. The van der Waals surface area contributed by atoms with Gasteiger partial charge in [0.15, 0.2) is 0 Å². The summed E-state index contributed by atoms with van der Waals surface area (Å²) >= 11 is 0. The molecule has 0 saturated carbocycles. The smallest absolute Gasteiger partial charge is 0.269 e. The molecule has 0 unspecified atom stereocenters. The van der Waals surface area contributed by atoms with E-state index < -0.39 is 10.0 Å². The van der Waals surface area contributed by atoms with Crippen LogP contribution in [0.3, 0.4) is 0 Å². The van der Waals surface area contributed by atoms with Crippen molar-refractivity contribution in [2.24, 2.45) is 0 Å². The van der Waals surface area contributed by atoms with E-state index in [9.17, 15) is 8.42 Å². The summed E-state index contributed by atoms with van der Waals surface area (Å²) in [7, 11) is -3.74. The standard InChI is InChI=1S/C19H22N2O3S/c1-5-24-18-11-10-14(12-15(18)19(2,3)4)25(22,23)21-13-20-16-8-6-7-9-17(16)21/h6-13H,5H2,1-4H3. The summed E-state index contributed by atoms with van der Waals surface area (Å²) in [6.07, 6.45) is 1.35. The fourth-order valence-corrected chi connectivity index (χ4v) is 4.10. The minimum Gasteiger partial charge on any atom is -0.494 e. The number of benzene rings is 2. The van der Waals surface area contributed by atoms with Gasteiger partial charge in [-0.25, -0.2) is 17.4 Å². The van der Waals surface area contributed by atoms with Gasteiger partial charge in [-0.1, -0.05) is 32.9 Å². The van der Waals surface area contributed by atoms with E-state index in [0.29, 0.717) is 23.4 Å². The molecule has 132 valence electrons. The van der Waals surface area contributed by atoms with Crippen LogP contribution in [0.25, 0.3) is 11.0 Å². The molecular weight excluding hydrogens is 336 g/mol. The van der Waals surface area contributed by atoms with Crippen molar-refractivity contribution in [3.63, 3.8) is 0 Å². The van der Waals surface area contributed by atoms with Gasteiger partial charge in [0.25, 0.3) is 10.0 Å². The first kappa shape index (κ1) is 17.5. The van der Waals surface area contributed by atoms with E-state index in [1.807, 2.05) is 33.8 Å². The van der Waals surface area contributed by atoms with Gasteiger partial charge in [0.1, 0.15) is 12.1 Å². The fourth-order valence-electron chi connectivity index (χ4n) is 2.78. The van der Waals surface area contributed by atoms with E-state index in [1.165, 1.54) is 10.3 Å². The summed E-state index contributed by atoms with van der Waals surface area (Å²) in [5.74, 6) is 0.712. The summed E-state index contributed by atoms with van der Waals surface area (Å²) in [5, 5.41) is 0. The third kappa shape index (κ3) is 3.14. The third-order valence-electron chi connectivity index (χ3n) is 4.04. The van der Waals surface area contributed by atoms with Gasteiger partial charge < -0.3 is 4.74 Å². The molecule has 0 aliphatic heterocycles. The Hall–Kier alpha value is -2.34. The number of ether oxygens (including phenoxy) is 1. The van der Waals surface area contributed by atoms with Crippen molar-refractivity contribution in [2.75, 3.05) is 6.61 Å². The molecular formula is C19H22N2O3S. The Balaban J connectivity index is 2.18. The van der Waals surface area contributed by atoms with Gasteiger partial charge >= 0.3 is 0 Å². The Labute approximate surface area is 148 Å². The van der Waals surface area contributed by atoms with Crippen LogP contribution in [0, 0.1) is 0 Å². The highest BCUT2D eigenvalue weighted by atomic mass is 32.2. The molecule has 3 rings (SSSR count). The van der Waals surface area contributed by atoms with Crippen molar-refractivity contribution in [1.29, 1.82) is 0 Å². The maximum absolute atomic E-state index is 13.1. The van der Waals surface area contributed by atoms with Crippen LogP contribution in [-0.4, -0.2) is 24.0 Å². The Morgan fingerprint density at radius 1 is 1.12 bits per heavy atom. The largest absolute Gasteiger partial charge is 0.494 e. The monoisotopic (exact) mass is 358 g/mol. The SMILES string of the molecule is CCOc1ccc(S(=O)(=O)n2cnc3ccccc32)cc1C(C)(C)C. The molecule has 0 amide bonds. The molecule has 0 aliphatic carbocycles. The zero-order valence-electron chi connectivity index (χ0n) is 14.9. The lowest BCUT2D eigenvalue weighted by Crippen LogP contribution is -2.17. The van der Waals surface area contributed by atoms with Crippen LogP contribution in [0.5, 0.6) is 5.75 Å². The molecule has 0 saturated heterocycles. The topological polar surface area (TPSA) is 61.2 Å². The zero-order valence-corrected chi connectivity index (χ0v) is 15.7. The molecule has 1 heterocycles. The average molecular weight is 358 g/mol. The van der Waals surface area contributed by atoms with Crippen LogP contribution in [-0.2, 0) is 15.4 Å². The first-order valence-electron chi connectivity index (χ1n) is 8.20. The van der Waals surface area contributed by atoms with Gasteiger partial charge in [0.05, 0.1) is 22.5 Å². The lowest BCUT2D eigenvalue weighted by molar-refractivity contribution is 0.329. The Kier molecular flexibility index (Phi) is 4.33. The minimum absolute atomic E-state index is 0.226. The number of hydrogen-bond donors (Lipinski definition) is 0. The molecule has 6 heteroatoms. The summed E-state index contributed by atoms with van der Waals surface area (Å²) in [4.78, 5) is 4.41. The van der Waals surface area contributed by atoms with Crippen LogP contribution in [0.4, 0.5) is 0 Å². The Bertz CT molecular complexity index is 1010. The highest BCUT2D eigenvalue weighted by molar-refractivity contribution is 7.90. The number of aromatic nitrogens is 2. The second-order valence-electron chi connectivity index (χ2n) is 6.88. The second-order valence-corrected chi connectivity index (χ2v) is 8.69. The molecule has 5 nitrogen and oxygen atoms in total. The van der Waals surface area contributed by atoms with Crippen LogP contribution < -0.4 is 4.74 Å². The van der Waals surface area contributed by atoms with Crippen molar-refractivity contribution in [2.45, 2.75) is 38.0 Å². The molecule has 2 aromatic carbocycles. The van der Waals surface area contributed by atoms with Gasteiger partial charge in [-0.05, 0) is 42.7 Å². The van der Waals surface area contributed by atoms with E-state index in [1.54, 1.807) is 36.4 Å². The van der Waals surface area contributed by atoms with Crippen LogP contribution in [0.2, 0.25) is 0 Å². The predicted octanol–water partition coefficient (Wildman–Crippen LogP) is 3.97. The van der Waals surface area contributed by atoms with Gasteiger partial charge in [-0.3, -0.25) is 0 Å². The zero-order chi connectivity index (χ0) is 18.2. The number of fused-ring (bicyclic) bond motifs is 1. The van der Waals surface area contributed by atoms with E-state index in [-0.39, 0.29) is 10.3 Å². The third-order valence-corrected chi connectivity index (χ3v) is 5.70. The normalized spacial score (nSPS) is 12.5. The fraction of sp³-hybridized carbons (Fsp3) is 0.316. The average Bonchev–Trinajstić information content (AvgIpc) is 2.99. The van der Waals surface area contributed by atoms with Crippen LogP contribution in [0.1, 0.15) is 33.3 Å². The van der Waals surface area contributed by atoms with Gasteiger partial charge in [0, 0.05) is 5.56 Å². The minimum atomic E-state index is -3.74. The molecule has 0 atom stereocenters. The van der Waals surface area contributed by atoms with E-state index in [0.717, 1.165) is 5.56 Å². The number of para-hydroxylation sites is 2. The summed E-state index contributed by atoms with van der Waals surface area (Å²) in [5.41, 5.74) is 1.83. The summed E-state index contributed by atoms with van der Waals surface area (Å²) in [6.45, 7) is 8.55. The molecule has 0 N–H and O–H groups in total. The lowest BCUT2D eigenvalue weighted by atomic mass is 9.86. The number of hydrogen-bond acceptors (Lipinski definition) is 4. The second kappa shape index (κ2) is 6.19. The predicted molar refractivity (Wildman–Crippen MR) is 98.6 cm³/mol. The van der Waals surface area contributed by atoms with E-state index in [4.69, 9.17) is 4.74 Å². The van der Waals surface area contributed by atoms with Crippen molar-refractivity contribution in [3.8, 4) is 5.75 Å². The molecule has 25 heavy (non-hydrogen) atoms. The number of imidazole rings is 1. The number of rotatable bonds is 4.